The first-order valence-electron chi connectivity index (χ1n) is 9.54. The summed E-state index contributed by atoms with van der Waals surface area (Å²) in [5.41, 5.74) is 1.74. The van der Waals surface area contributed by atoms with Crippen LogP contribution in [0.25, 0.3) is 0 Å². The molecular weight excluding hydrogens is 390 g/mol. The number of aryl methyl sites for hydroxylation is 3. The van der Waals surface area contributed by atoms with Gasteiger partial charge in [0.25, 0.3) is 5.69 Å². The number of benzene rings is 1. The van der Waals surface area contributed by atoms with Gasteiger partial charge in [0.15, 0.2) is 5.82 Å². The number of ketones is 1. The molecule has 0 atom stereocenters. The lowest BCUT2D eigenvalue weighted by molar-refractivity contribution is -0.384. The maximum atomic E-state index is 12.6. The molecule has 1 aromatic carbocycles. The first kappa shape index (κ1) is 19.3. The highest BCUT2D eigenvalue weighted by atomic mass is 32.1. The maximum absolute atomic E-state index is 12.6. The number of carbonyl (C=O) groups excluding carboxylic acids is 1. The molecule has 1 aliphatic carbocycles. The van der Waals surface area contributed by atoms with Crippen molar-refractivity contribution in [3.63, 3.8) is 0 Å². The molecule has 29 heavy (non-hydrogen) atoms. The van der Waals surface area contributed by atoms with E-state index in [-0.39, 0.29) is 22.9 Å². The van der Waals surface area contributed by atoms with Gasteiger partial charge in [-0.05, 0) is 37.8 Å². The predicted octanol–water partition coefficient (Wildman–Crippen LogP) is 3.55. The molecule has 0 radical (unpaired) electrons. The van der Waals surface area contributed by atoms with Crippen molar-refractivity contribution in [2.75, 3.05) is 11.9 Å². The van der Waals surface area contributed by atoms with Gasteiger partial charge in [0.2, 0.25) is 5.78 Å². The van der Waals surface area contributed by atoms with Gasteiger partial charge >= 0.3 is 0 Å². The Labute approximate surface area is 171 Å². The van der Waals surface area contributed by atoms with Crippen LogP contribution in [0.1, 0.15) is 44.6 Å². The second-order valence-corrected chi connectivity index (χ2v) is 8.21. The molecular formula is C20H21N5O3S. The van der Waals surface area contributed by atoms with E-state index in [4.69, 9.17) is 4.98 Å². The molecule has 2 aromatic heterocycles. The molecule has 8 nitrogen and oxygen atoms in total. The summed E-state index contributed by atoms with van der Waals surface area (Å²) in [6, 6.07) is 4.48. The number of aromatic nitrogens is 3. The third-order valence-electron chi connectivity index (χ3n) is 5.03. The van der Waals surface area contributed by atoms with Crippen LogP contribution in [0, 0.1) is 10.1 Å². The summed E-state index contributed by atoms with van der Waals surface area (Å²) in [5.74, 6) is -0.103. The zero-order chi connectivity index (χ0) is 20.4. The van der Waals surface area contributed by atoms with E-state index in [1.54, 1.807) is 41.3 Å². The standard InChI is InChI=1S/C20H21N5O3S/c1-24-11-10-22-20(24)19(26)13-6-7-14(16(12-13)25(27)28)21-9-8-18-23-15-4-2-3-5-17(15)29-18/h6-7,10-12,21H,2-5,8-9H2,1H3. The quantitative estimate of drug-likeness (QED) is 0.362. The Morgan fingerprint density at radius 3 is 2.90 bits per heavy atom. The number of carbonyl (C=O) groups is 1. The smallest absolute Gasteiger partial charge is 0.293 e. The highest BCUT2D eigenvalue weighted by Gasteiger charge is 2.21. The van der Waals surface area contributed by atoms with Gasteiger partial charge in [-0.2, -0.15) is 0 Å². The van der Waals surface area contributed by atoms with Gasteiger partial charge in [-0.1, -0.05) is 0 Å². The van der Waals surface area contributed by atoms with Crippen molar-refractivity contribution in [3.05, 3.63) is 67.7 Å². The normalized spacial score (nSPS) is 13.1. The van der Waals surface area contributed by atoms with Crippen molar-refractivity contribution in [2.24, 2.45) is 7.05 Å². The van der Waals surface area contributed by atoms with E-state index in [1.807, 2.05) is 0 Å². The Kier molecular flexibility index (Phi) is 5.39. The molecule has 0 fully saturated rings. The molecule has 0 saturated carbocycles. The van der Waals surface area contributed by atoms with Crippen LogP contribution in [-0.4, -0.2) is 31.8 Å². The number of nitro benzene ring substituents is 1. The number of nitrogens with zero attached hydrogens (tertiary/aromatic N) is 4. The zero-order valence-electron chi connectivity index (χ0n) is 16.1. The van der Waals surface area contributed by atoms with Gasteiger partial charge < -0.3 is 9.88 Å². The lowest BCUT2D eigenvalue weighted by atomic mass is 10.0. The summed E-state index contributed by atoms with van der Waals surface area (Å²) in [7, 11) is 1.71. The van der Waals surface area contributed by atoms with Crippen molar-refractivity contribution >= 4 is 28.5 Å². The number of anilines is 1. The van der Waals surface area contributed by atoms with E-state index in [1.165, 1.54) is 35.7 Å². The summed E-state index contributed by atoms with van der Waals surface area (Å²) in [6.07, 6.45) is 8.48. The van der Waals surface area contributed by atoms with Crippen molar-refractivity contribution < 1.29 is 9.72 Å². The Morgan fingerprint density at radius 2 is 2.17 bits per heavy atom. The maximum Gasteiger partial charge on any atom is 0.293 e. The average molecular weight is 411 g/mol. The first-order valence-corrected chi connectivity index (χ1v) is 10.4. The van der Waals surface area contributed by atoms with Crippen LogP contribution in [0.5, 0.6) is 0 Å². The predicted molar refractivity (Wildman–Crippen MR) is 111 cm³/mol. The van der Waals surface area contributed by atoms with E-state index in [0.29, 0.717) is 18.7 Å². The molecule has 4 rings (SSSR count). The van der Waals surface area contributed by atoms with Crippen molar-refractivity contribution in [2.45, 2.75) is 32.1 Å². The Hall–Kier alpha value is -3.07. The number of nitrogens with one attached hydrogen (secondary N) is 1. The van der Waals surface area contributed by atoms with Gasteiger partial charge in [-0.15, -0.1) is 11.3 Å². The Morgan fingerprint density at radius 1 is 1.34 bits per heavy atom. The van der Waals surface area contributed by atoms with E-state index < -0.39 is 4.92 Å². The van der Waals surface area contributed by atoms with Crippen LogP contribution in [0.4, 0.5) is 11.4 Å². The average Bonchev–Trinajstić information content (AvgIpc) is 3.33. The molecule has 3 aromatic rings. The van der Waals surface area contributed by atoms with E-state index >= 15 is 0 Å². The van der Waals surface area contributed by atoms with Crippen molar-refractivity contribution in [1.29, 1.82) is 0 Å². The molecule has 9 heteroatoms. The summed E-state index contributed by atoms with van der Waals surface area (Å²) >= 11 is 1.75. The number of nitro groups is 1. The molecule has 150 valence electrons. The molecule has 0 unspecified atom stereocenters. The van der Waals surface area contributed by atoms with Gasteiger partial charge in [-0.3, -0.25) is 14.9 Å². The largest absolute Gasteiger partial charge is 0.379 e. The summed E-state index contributed by atoms with van der Waals surface area (Å²) in [6.45, 7) is 0.542. The topological polar surface area (TPSA) is 103 Å². The second kappa shape index (κ2) is 8.12. The molecule has 1 aliphatic rings. The summed E-state index contributed by atoms with van der Waals surface area (Å²) in [5, 5.41) is 15.7. The van der Waals surface area contributed by atoms with Crippen molar-refractivity contribution in [1.82, 2.24) is 14.5 Å². The van der Waals surface area contributed by atoms with Crippen LogP contribution < -0.4 is 5.32 Å². The van der Waals surface area contributed by atoms with Crippen LogP contribution in [0.15, 0.2) is 30.6 Å². The highest BCUT2D eigenvalue weighted by molar-refractivity contribution is 7.11. The molecule has 0 bridgehead atoms. The monoisotopic (exact) mass is 411 g/mol. The van der Waals surface area contributed by atoms with Gasteiger partial charge in [-0.25, -0.2) is 9.97 Å². The number of hydrogen-bond donors (Lipinski definition) is 1. The van der Waals surface area contributed by atoms with E-state index in [2.05, 4.69) is 10.3 Å². The van der Waals surface area contributed by atoms with Gasteiger partial charge in [0, 0.05) is 48.9 Å². The number of thiazole rings is 1. The third kappa shape index (κ3) is 4.04. The van der Waals surface area contributed by atoms with E-state index in [9.17, 15) is 14.9 Å². The number of hydrogen-bond acceptors (Lipinski definition) is 7. The lowest BCUT2D eigenvalue weighted by Gasteiger charge is -2.08. The Bertz CT molecular complexity index is 1050. The molecule has 1 N–H and O–H groups in total. The highest BCUT2D eigenvalue weighted by Crippen LogP contribution is 2.28. The lowest BCUT2D eigenvalue weighted by Crippen LogP contribution is -2.11. The Balaban J connectivity index is 1.47. The van der Waals surface area contributed by atoms with Gasteiger partial charge in [0.1, 0.15) is 5.69 Å². The minimum atomic E-state index is -0.473. The molecule has 0 amide bonds. The van der Waals surface area contributed by atoms with E-state index in [0.717, 1.165) is 17.8 Å². The fraction of sp³-hybridized carbons (Fsp3) is 0.350. The minimum Gasteiger partial charge on any atom is -0.379 e. The first-order chi connectivity index (χ1) is 14.0. The molecule has 2 heterocycles. The fourth-order valence-corrected chi connectivity index (χ4v) is 4.66. The SMILES string of the molecule is Cn1ccnc1C(=O)c1ccc(NCCc2nc3c(s2)CCCC3)c([N+](=O)[O-])c1. The number of imidazole rings is 1. The van der Waals surface area contributed by atoms with Crippen LogP contribution >= 0.6 is 11.3 Å². The summed E-state index contributed by atoms with van der Waals surface area (Å²) < 4.78 is 1.59. The van der Waals surface area contributed by atoms with Crippen LogP contribution in [-0.2, 0) is 26.3 Å². The molecule has 0 spiro atoms. The number of fused-ring (bicyclic) bond motifs is 1. The van der Waals surface area contributed by atoms with Crippen molar-refractivity contribution in [3.8, 4) is 0 Å². The second-order valence-electron chi connectivity index (χ2n) is 7.04. The van der Waals surface area contributed by atoms with Crippen LogP contribution in [0.2, 0.25) is 0 Å². The molecule has 0 aliphatic heterocycles. The fourth-order valence-electron chi connectivity index (χ4n) is 3.50. The third-order valence-corrected chi connectivity index (χ3v) is 6.24. The molecule has 0 saturated heterocycles. The van der Waals surface area contributed by atoms with Crippen LogP contribution in [0.3, 0.4) is 0 Å². The summed E-state index contributed by atoms with van der Waals surface area (Å²) in [4.78, 5) is 33.8. The van der Waals surface area contributed by atoms with Gasteiger partial charge in [0.05, 0.1) is 15.6 Å². The number of rotatable bonds is 7. The minimum absolute atomic E-state index is 0.122. The zero-order valence-corrected chi connectivity index (χ0v) is 16.9.